The Morgan fingerprint density at radius 1 is 1.26 bits per heavy atom. The third-order valence-electron chi connectivity index (χ3n) is 4.47. The van der Waals surface area contributed by atoms with Crippen molar-refractivity contribution in [3.63, 3.8) is 0 Å². The van der Waals surface area contributed by atoms with Crippen molar-refractivity contribution in [2.45, 2.75) is 32.9 Å². The van der Waals surface area contributed by atoms with Crippen LogP contribution in [-0.2, 0) is 24.3 Å². The molecule has 0 saturated carbocycles. The van der Waals surface area contributed by atoms with Crippen molar-refractivity contribution in [3.05, 3.63) is 56.7 Å². The molecule has 2 aromatic rings. The van der Waals surface area contributed by atoms with Crippen molar-refractivity contribution in [1.82, 2.24) is 15.5 Å². The molecule has 0 radical (unpaired) electrons. The molecule has 5 nitrogen and oxygen atoms in total. The summed E-state index contributed by atoms with van der Waals surface area (Å²) < 4.78 is 0. The Balaban J connectivity index is 1.47. The van der Waals surface area contributed by atoms with Gasteiger partial charge >= 0.3 is 0 Å². The average Bonchev–Trinajstić information content (AvgIpc) is 3.15. The van der Waals surface area contributed by atoms with Crippen LogP contribution in [0.3, 0.4) is 0 Å². The van der Waals surface area contributed by atoms with E-state index >= 15 is 0 Å². The quantitative estimate of drug-likeness (QED) is 0.572. The molecular formula is C20H25ClN4OS. The number of hydrogen-bond acceptors (Lipinski definition) is 3. The molecule has 0 aliphatic carbocycles. The Bertz CT molecular complexity index is 788. The molecule has 0 unspecified atom stereocenters. The molecule has 144 valence electrons. The minimum absolute atomic E-state index is 0.188. The van der Waals surface area contributed by atoms with E-state index in [2.05, 4.69) is 27.1 Å². The molecule has 1 aromatic carbocycles. The molecule has 3 rings (SSSR count). The second kappa shape index (κ2) is 9.76. The van der Waals surface area contributed by atoms with Gasteiger partial charge in [0.1, 0.15) is 0 Å². The first kappa shape index (κ1) is 19.7. The molecule has 1 aromatic heterocycles. The number of nitrogens with one attached hydrogen (secondary N) is 2. The summed E-state index contributed by atoms with van der Waals surface area (Å²) in [5.41, 5.74) is 2.39. The lowest BCUT2D eigenvalue weighted by Gasteiger charge is -2.27. The van der Waals surface area contributed by atoms with Crippen LogP contribution in [0.25, 0.3) is 0 Å². The van der Waals surface area contributed by atoms with Gasteiger partial charge in [-0.15, -0.1) is 11.3 Å². The molecule has 0 fully saturated rings. The highest BCUT2D eigenvalue weighted by Gasteiger charge is 2.20. The number of hydrogen-bond donors (Lipinski definition) is 2. The van der Waals surface area contributed by atoms with Crippen LogP contribution in [-0.4, -0.2) is 36.4 Å². The van der Waals surface area contributed by atoms with Gasteiger partial charge in [0.05, 0.1) is 6.54 Å². The Labute approximate surface area is 169 Å². The van der Waals surface area contributed by atoms with Crippen molar-refractivity contribution >= 4 is 34.8 Å². The van der Waals surface area contributed by atoms with Gasteiger partial charge in [0, 0.05) is 42.5 Å². The number of guanidine groups is 1. The summed E-state index contributed by atoms with van der Waals surface area (Å²) in [5.74, 6) is 0.909. The Morgan fingerprint density at radius 3 is 2.85 bits per heavy atom. The van der Waals surface area contributed by atoms with Crippen LogP contribution < -0.4 is 10.6 Å². The van der Waals surface area contributed by atoms with Gasteiger partial charge in [-0.3, -0.25) is 4.79 Å². The number of carbonyl (C=O) groups excluding carboxylic acids is 1. The van der Waals surface area contributed by atoms with Gasteiger partial charge < -0.3 is 15.5 Å². The molecule has 0 saturated heterocycles. The summed E-state index contributed by atoms with van der Waals surface area (Å²) in [7, 11) is 0. The maximum Gasteiger partial charge on any atom is 0.224 e. The molecule has 27 heavy (non-hydrogen) atoms. The fourth-order valence-electron chi connectivity index (χ4n) is 3.01. The minimum atomic E-state index is 0.188. The standard InChI is InChI=1S/C20H25ClN4OS/c1-2-22-20(24-13-15-3-5-17(21)6-4-15)23-10-7-19(26)25-11-8-18-16(14-25)9-12-27-18/h3-6,9,12H,2,7-8,10-11,13-14H2,1H3,(H2,22,23,24). The maximum atomic E-state index is 12.5. The number of thiophene rings is 1. The van der Waals surface area contributed by atoms with Crippen molar-refractivity contribution in [3.8, 4) is 0 Å². The van der Waals surface area contributed by atoms with Crippen molar-refractivity contribution in [1.29, 1.82) is 0 Å². The average molecular weight is 405 g/mol. The molecule has 2 heterocycles. The highest BCUT2D eigenvalue weighted by atomic mass is 35.5. The van der Waals surface area contributed by atoms with Crippen LogP contribution in [0.4, 0.5) is 0 Å². The molecule has 1 aliphatic rings. The Kier molecular flexibility index (Phi) is 7.12. The van der Waals surface area contributed by atoms with E-state index in [0.29, 0.717) is 19.5 Å². The summed E-state index contributed by atoms with van der Waals surface area (Å²) in [6.07, 6.45) is 1.43. The number of aliphatic imine (C=N–C) groups is 1. The topological polar surface area (TPSA) is 56.7 Å². The normalized spacial score (nSPS) is 14.0. The number of carbonyl (C=O) groups is 1. The van der Waals surface area contributed by atoms with E-state index in [1.54, 1.807) is 11.3 Å². The van der Waals surface area contributed by atoms with Gasteiger partial charge in [-0.1, -0.05) is 23.7 Å². The van der Waals surface area contributed by atoms with E-state index < -0.39 is 0 Å². The van der Waals surface area contributed by atoms with Crippen molar-refractivity contribution in [2.24, 2.45) is 4.99 Å². The van der Waals surface area contributed by atoms with Crippen LogP contribution in [0.2, 0.25) is 5.02 Å². The first-order chi connectivity index (χ1) is 13.2. The lowest BCUT2D eigenvalue weighted by molar-refractivity contribution is -0.131. The number of benzene rings is 1. The molecule has 0 bridgehead atoms. The summed E-state index contributed by atoms with van der Waals surface area (Å²) in [5, 5.41) is 9.30. The second-order valence-corrected chi connectivity index (χ2v) is 7.87. The summed E-state index contributed by atoms with van der Waals surface area (Å²) in [6.45, 7) is 5.48. The van der Waals surface area contributed by atoms with E-state index in [-0.39, 0.29) is 5.91 Å². The van der Waals surface area contributed by atoms with Gasteiger partial charge in [-0.2, -0.15) is 0 Å². The SMILES string of the molecule is CCNC(=NCc1ccc(Cl)cc1)NCCC(=O)N1CCc2sccc2C1. The lowest BCUT2D eigenvalue weighted by atomic mass is 10.1. The molecule has 0 spiro atoms. The third-order valence-corrected chi connectivity index (χ3v) is 5.74. The molecule has 1 aliphatic heterocycles. The zero-order chi connectivity index (χ0) is 19.1. The predicted octanol–water partition coefficient (Wildman–Crippen LogP) is 3.43. The molecular weight excluding hydrogens is 380 g/mol. The zero-order valence-corrected chi connectivity index (χ0v) is 17.1. The van der Waals surface area contributed by atoms with Crippen LogP contribution in [0.15, 0.2) is 40.7 Å². The lowest BCUT2D eigenvalue weighted by Crippen LogP contribution is -2.41. The zero-order valence-electron chi connectivity index (χ0n) is 15.5. The highest BCUT2D eigenvalue weighted by Crippen LogP contribution is 2.24. The van der Waals surface area contributed by atoms with Crippen LogP contribution in [0.5, 0.6) is 0 Å². The number of nitrogens with zero attached hydrogens (tertiary/aromatic N) is 2. The van der Waals surface area contributed by atoms with Gasteiger partial charge in [0.15, 0.2) is 5.96 Å². The third kappa shape index (κ3) is 5.71. The summed E-state index contributed by atoms with van der Waals surface area (Å²) in [6, 6.07) is 9.79. The fourth-order valence-corrected chi connectivity index (χ4v) is 4.02. The van der Waals surface area contributed by atoms with Gasteiger partial charge in [-0.25, -0.2) is 4.99 Å². The first-order valence-electron chi connectivity index (χ1n) is 9.25. The Morgan fingerprint density at radius 2 is 2.07 bits per heavy atom. The largest absolute Gasteiger partial charge is 0.357 e. The molecule has 7 heteroatoms. The van der Waals surface area contributed by atoms with Crippen molar-refractivity contribution in [2.75, 3.05) is 19.6 Å². The summed E-state index contributed by atoms with van der Waals surface area (Å²) in [4.78, 5) is 20.4. The van der Waals surface area contributed by atoms with Gasteiger partial charge in [0.25, 0.3) is 0 Å². The number of halogens is 1. The van der Waals surface area contributed by atoms with E-state index in [0.717, 1.165) is 42.6 Å². The van der Waals surface area contributed by atoms with E-state index in [1.807, 2.05) is 36.1 Å². The first-order valence-corrected chi connectivity index (χ1v) is 10.5. The van der Waals surface area contributed by atoms with Crippen LogP contribution in [0.1, 0.15) is 29.3 Å². The van der Waals surface area contributed by atoms with Crippen LogP contribution >= 0.6 is 22.9 Å². The van der Waals surface area contributed by atoms with Crippen LogP contribution in [0, 0.1) is 0 Å². The minimum Gasteiger partial charge on any atom is -0.357 e. The molecule has 0 atom stereocenters. The van der Waals surface area contributed by atoms with E-state index in [4.69, 9.17) is 11.6 Å². The summed E-state index contributed by atoms with van der Waals surface area (Å²) >= 11 is 7.70. The number of rotatable bonds is 6. The van der Waals surface area contributed by atoms with Gasteiger partial charge in [-0.05, 0) is 48.1 Å². The van der Waals surface area contributed by atoms with E-state index in [1.165, 1.54) is 10.4 Å². The number of amides is 1. The van der Waals surface area contributed by atoms with Crippen molar-refractivity contribution < 1.29 is 4.79 Å². The predicted molar refractivity (Wildman–Crippen MR) is 112 cm³/mol. The Hall–Kier alpha value is -2.05. The monoisotopic (exact) mass is 404 g/mol. The number of fused-ring (bicyclic) bond motifs is 1. The van der Waals surface area contributed by atoms with Gasteiger partial charge in [0.2, 0.25) is 5.91 Å². The molecule has 1 amide bonds. The fraction of sp³-hybridized carbons (Fsp3) is 0.400. The second-order valence-electron chi connectivity index (χ2n) is 6.43. The maximum absolute atomic E-state index is 12.5. The smallest absolute Gasteiger partial charge is 0.224 e. The van der Waals surface area contributed by atoms with E-state index in [9.17, 15) is 4.79 Å². The highest BCUT2D eigenvalue weighted by molar-refractivity contribution is 7.10. The molecule has 2 N–H and O–H groups in total.